The van der Waals surface area contributed by atoms with Gasteiger partial charge in [-0.25, -0.2) is 4.68 Å². The summed E-state index contributed by atoms with van der Waals surface area (Å²) in [5, 5.41) is 16.1. The first-order valence-electron chi connectivity index (χ1n) is 6.51. The fraction of sp³-hybridized carbons (Fsp3) is 0.333. The summed E-state index contributed by atoms with van der Waals surface area (Å²) in [4.78, 5) is 12.0. The summed E-state index contributed by atoms with van der Waals surface area (Å²) in [6, 6.07) is 9.60. The van der Waals surface area contributed by atoms with Gasteiger partial charge in [-0.2, -0.15) is 5.10 Å². The third-order valence-corrected chi connectivity index (χ3v) is 3.02. The third kappa shape index (κ3) is 3.45. The Hall–Kier alpha value is -2.14. The maximum absolute atomic E-state index is 12.0. The Morgan fingerprint density at radius 2 is 2.05 bits per heavy atom. The molecule has 0 aliphatic carbocycles. The lowest BCUT2D eigenvalue weighted by Crippen LogP contribution is -2.35. The monoisotopic (exact) mass is 273 g/mol. The summed E-state index contributed by atoms with van der Waals surface area (Å²) in [7, 11) is 0. The number of carbonyl (C=O) groups is 1. The number of benzene rings is 1. The molecule has 0 aliphatic heterocycles. The number of carbonyl (C=O) groups excluding carboxylic acids is 1. The Labute approximate surface area is 118 Å². The topological polar surface area (TPSA) is 67.2 Å². The summed E-state index contributed by atoms with van der Waals surface area (Å²) >= 11 is 0. The van der Waals surface area contributed by atoms with Crippen molar-refractivity contribution in [2.45, 2.75) is 13.8 Å². The Morgan fingerprint density at radius 3 is 2.70 bits per heavy atom. The molecule has 2 aromatic rings. The highest BCUT2D eigenvalue weighted by Gasteiger charge is 2.18. The molecule has 0 bridgehead atoms. The van der Waals surface area contributed by atoms with Crippen molar-refractivity contribution in [1.29, 1.82) is 0 Å². The number of aliphatic hydroxyl groups is 1. The van der Waals surface area contributed by atoms with Gasteiger partial charge >= 0.3 is 0 Å². The van der Waals surface area contributed by atoms with Crippen LogP contribution in [0.1, 0.15) is 24.2 Å². The molecule has 1 amide bonds. The van der Waals surface area contributed by atoms with Crippen LogP contribution in [-0.4, -0.2) is 33.9 Å². The van der Waals surface area contributed by atoms with Gasteiger partial charge in [0, 0.05) is 24.8 Å². The SMILES string of the molecule is CC(C)(CO)CNC(=O)c1cnn(-c2ccccc2)c1. The van der Waals surface area contributed by atoms with E-state index < -0.39 is 0 Å². The van der Waals surface area contributed by atoms with Crippen LogP contribution in [0.25, 0.3) is 5.69 Å². The van der Waals surface area contributed by atoms with Gasteiger partial charge in [-0.3, -0.25) is 4.79 Å². The summed E-state index contributed by atoms with van der Waals surface area (Å²) in [5.41, 5.74) is 1.08. The minimum Gasteiger partial charge on any atom is -0.396 e. The summed E-state index contributed by atoms with van der Waals surface area (Å²) in [5.74, 6) is -0.186. The zero-order valence-corrected chi connectivity index (χ0v) is 11.7. The van der Waals surface area contributed by atoms with Crippen LogP contribution in [0.5, 0.6) is 0 Å². The largest absolute Gasteiger partial charge is 0.396 e. The van der Waals surface area contributed by atoms with Gasteiger partial charge in [-0.15, -0.1) is 0 Å². The zero-order valence-electron chi connectivity index (χ0n) is 11.7. The van der Waals surface area contributed by atoms with Gasteiger partial charge in [0.25, 0.3) is 5.91 Å². The van der Waals surface area contributed by atoms with E-state index in [0.29, 0.717) is 12.1 Å². The number of para-hydroxylation sites is 1. The molecule has 1 heterocycles. The number of hydrogen-bond acceptors (Lipinski definition) is 3. The molecule has 0 spiro atoms. The van der Waals surface area contributed by atoms with Crippen LogP contribution in [0.4, 0.5) is 0 Å². The van der Waals surface area contributed by atoms with Crippen molar-refractivity contribution in [3.05, 3.63) is 48.3 Å². The predicted octanol–water partition coefficient (Wildman–Crippen LogP) is 1.62. The molecular formula is C15H19N3O2. The van der Waals surface area contributed by atoms with E-state index in [-0.39, 0.29) is 17.9 Å². The van der Waals surface area contributed by atoms with Gasteiger partial charge in [0.05, 0.1) is 17.4 Å². The van der Waals surface area contributed by atoms with Crippen molar-refractivity contribution in [3.63, 3.8) is 0 Å². The zero-order chi connectivity index (χ0) is 14.6. The maximum Gasteiger partial charge on any atom is 0.254 e. The lowest BCUT2D eigenvalue weighted by atomic mass is 9.95. The fourth-order valence-electron chi connectivity index (χ4n) is 1.64. The molecule has 2 rings (SSSR count). The molecular weight excluding hydrogens is 254 g/mol. The highest BCUT2D eigenvalue weighted by molar-refractivity contribution is 5.93. The fourth-order valence-corrected chi connectivity index (χ4v) is 1.64. The van der Waals surface area contributed by atoms with E-state index in [1.165, 1.54) is 6.20 Å². The van der Waals surface area contributed by atoms with E-state index in [1.807, 2.05) is 44.2 Å². The van der Waals surface area contributed by atoms with E-state index in [1.54, 1.807) is 10.9 Å². The van der Waals surface area contributed by atoms with Crippen LogP contribution in [0.2, 0.25) is 0 Å². The van der Waals surface area contributed by atoms with Gasteiger partial charge in [0.15, 0.2) is 0 Å². The van der Waals surface area contributed by atoms with Crippen molar-refractivity contribution in [2.24, 2.45) is 5.41 Å². The smallest absolute Gasteiger partial charge is 0.254 e. The van der Waals surface area contributed by atoms with Gasteiger partial charge < -0.3 is 10.4 Å². The lowest BCUT2D eigenvalue weighted by molar-refractivity contribution is 0.0911. The molecule has 0 fully saturated rings. The molecule has 0 atom stereocenters. The second kappa shape index (κ2) is 5.88. The number of nitrogens with zero attached hydrogens (tertiary/aromatic N) is 2. The average Bonchev–Trinajstić information content (AvgIpc) is 2.96. The number of aliphatic hydroxyl groups excluding tert-OH is 1. The van der Waals surface area contributed by atoms with E-state index in [2.05, 4.69) is 10.4 Å². The maximum atomic E-state index is 12.0. The minimum atomic E-state index is -0.328. The molecule has 2 N–H and O–H groups in total. The second-order valence-corrected chi connectivity index (χ2v) is 5.51. The third-order valence-electron chi connectivity index (χ3n) is 3.02. The highest BCUT2D eigenvalue weighted by Crippen LogP contribution is 2.12. The molecule has 0 radical (unpaired) electrons. The standard InChI is InChI=1S/C15H19N3O2/c1-15(2,11-19)10-16-14(20)12-8-17-18(9-12)13-6-4-3-5-7-13/h3-9,19H,10-11H2,1-2H3,(H,16,20). The van der Waals surface area contributed by atoms with Crippen molar-refractivity contribution in [1.82, 2.24) is 15.1 Å². The Morgan fingerprint density at radius 1 is 1.35 bits per heavy atom. The molecule has 5 nitrogen and oxygen atoms in total. The number of rotatable bonds is 5. The highest BCUT2D eigenvalue weighted by atomic mass is 16.3. The number of amides is 1. The molecule has 106 valence electrons. The summed E-state index contributed by atoms with van der Waals surface area (Å²) < 4.78 is 1.66. The van der Waals surface area contributed by atoms with Crippen molar-refractivity contribution >= 4 is 5.91 Å². The number of hydrogen-bond donors (Lipinski definition) is 2. The molecule has 1 aromatic carbocycles. The number of aromatic nitrogens is 2. The predicted molar refractivity (Wildman–Crippen MR) is 76.8 cm³/mol. The summed E-state index contributed by atoms with van der Waals surface area (Å²) in [6.07, 6.45) is 3.23. The van der Waals surface area contributed by atoms with Gasteiger partial charge in [-0.1, -0.05) is 32.0 Å². The molecule has 0 unspecified atom stereocenters. The van der Waals surface area contributed by atoms with Gasteiger partial charge in [0.1, 0.15) is 0 Å². The van der Waals surface area contributed by atoms with Crippen LogP contribution >= 0.6 is 0 Å². The molecule has 5 heteroatoms. The van der Waals surface area contributed by atoms with Crippen LogP contribution in [0.3, 0.4) is 0 Å². The Kier molecular flexibility index (Phi) is 4.20. The normalized spacial score (nSPS) is 11.3. The quantitative estimate of drug-likeness (QED) is 0.870. The van der Waals surface area contributed by atoms with Gasteiger partial charge in [-0.05, 0) is 12.1 Å². The second-order valence-electron chi connectivity index (χ2n) is 5.51. The first kappa shape index (κ1) is 14.3. The Balaban J connectivity index is 2.04. The van der Waals surface area contributed by atoms with E-state index in [4.69, 9.17) is 5.11 Å². The molecule has 0 saturated carbocycles. The molecule has 0 saturated heterocycles. The number of nitrogens with one attached hydrogen (secondary N) is 1. The van der Waals surface area contributed by atoms with Crippen LogP contribution in [0, 0.1) is 5.41 Å². The molecule has 20 heavy (non-hydrogen) atoms. The Bertz CT molecular complexity index is 576. The molecule has 0 aliphatic rings. The lowest BCUT2D eigenvalue weighted by Gasteiger charge is -2.21. The van der Waals surface area contributed by atoms with Crippen molar-refractivity contribution < 1.29 is 9.90 Å². The van der Waals surface area contributed by atoms with Crippen LogP contribution in [0.15, 0.2) is 42.7 Å². The van der Waals surface area contributed by atoms with Crippen LogP contribution < -0.4 is 5.32 Å². The average molecular weight is 273 g/mol. The van der Waals surface area contributed by atoms with E-state index in [0.717, 1.165) is 5.69 Å². The first-order chi connectivity index (χ1) is 9.52. The van der Waals surface area contributed by atoms with Crippen LogP contribution in [-0.2, 0) is 0 Å². The molecule has 1 aromatic heterocycles. The first-order valence-corrected chi connectivity index (χ1v) is 6.51. The summed E-state index contributed by atoms with van der Waals surface area (Å²) in [6.45, 7) is 4.22. The van der Waals surface area contributed by atoms with E-state index in [9.17, 15) is 4.79 Å². The van der Waals surface area contributed by atoms with Crippen molar-refractivity contribution in [2.75, 3.05) is 13.2 Å². The van der Waals surface area contributed by atoms with Crippen molar-refractivity contribution in [3.8, 4) is 5.69 Å². The minimum absolute atomic E-state index is 0.0244. The van der Waals surface area contributed by atoms with Gasteiger partial charge in [0.2, 0.25) is 0 Å². The van der Waals surface area contributed by atoms with E-state index >= 15 is 0 Å².